The van der Waals surface area contributed by atoms with Gasteiger partial charge < -0.3 is 11.1 Å². The third kappa shape index (κ3) is 5.32. The molecule has 0 atom stereocenters. The molecule has 1 aromatic rings. The molecule has 0 aromatic heterocycles. The van der Waals surface area contributed by atoms with E-state index in [2.05, 4.69) is 26.1 Å². The Morgan fingerprint density at radius 1 is 1.22 bits per heavy atom. The van der Waals surface area contributed by atoms with Crippen LogP contribution in [0.5, 0.6) is 0 Å². The fourth-order valence-corrected chi connectivity index (χ4v) is 1.64. The number of rotatable bonds is 5. The number of benzene rings is 1. The number of carbonyl (C=O) groups excluding carboxylic acids is 1. The summed E-state index contributed by atoms with van der Waals surface area (Å²) in [5, 5.41) is 2.94. The molecule has 0 aliphatic heterocycles. The molecule has 1 amide bonds. The van der Waals surface area contributed by atoms with Crippen molar-refractivity contribution in [3.8, 4) is 0 Å². The maximum atomic E-state index is 11.9. The quantitative estimate of drug-likeness (QED) is 0.840. The van der Waals surface area contributed by atoms with E-state index in [1.165, 1.54) is 5.56 Å². The Balaban J connectivity index is 2.46. The van der Waals surface area contributed by atoms with Gasteiger partial charge in [-0.25, -0.2) is 0 Å². The van der Waals surface area contributed by atoms with Crippen molar-refractivity contribution in [1.82, 2.24) is 5.32 Å². The van der Waals surface area contributed by atoms with Crippen molar-refractivity contribution in [3.63, 3.8) is 0 Å². The van der Waals surface area contributed by atoms with Crippen LogP contribution in [0.4, 0.5) is 0 Å². The number of hydrogen-bond donors (Lipinski definition) is 2. The van der Waals surface area contributed by atoms with Crippen LogP contribution in [0.3, 0.4) is 0 Å². The Hall–Kier alpha value is -1.35. The summed E-state index contributed by atoms with van der Waals surface area (Å²) in [6.07, 6.45) is 1.83. The third-order valence-electron chi connectivity index (χ3n) is 2.81. The first-order chi connectivity index (χ1) is 8.42. The maximum Gasteiger partial charge on any atom is 0.251 e. The lowest BCUT2D eigenvalue weighted by Gasteiger charge is -2.18. The molecule has 0 spiro atoms. The molecule has 0 radical (unpaired) electrons. The summed E-state index contributed by atoms with van der Waals surface area (Å²) < 4.78 is 0. The Labute approximate surface area is 110 Å². The van der Waals surface area contributed by atoms with E-state index in [1.54, 1.807) is 0 Å². The highest BCUT2D eigenvalue weighted by atomic mass is 16.1. The van der Waals surface area contributed by atoms with E-state index in [4.69, 9.17) is 5.73 Å². The van der Waals surface area contributed by atoms with Gasteiger partial charge in [0, 0.05) is 12.1 Å². The van der Waals surface area contributed by atoms with Crippen molar-refractivity contribution in [2.24, 2.45) is 11.1 Å². The van der Waals surface area contributed by atoms with E-state index in [1.807, 2.05) is 24.3 Å². The van der Waals surface area contributed by atoms with Crippen LogP contribution in [0.1, 0.15) is 43.1 Å². The SMILES string of the molecule is CC(C)(C)CCNC(=O)c1ccc(CCN)cc1. The molecule has 0 saturated carbocycles. The topological polar surface area (TPSA) is 55.1 Å². The zero-order valence-corrected chi connectivity index (χ0v) is 11.6. The summed E-state index contributed by atoms with van der Waals surface area (Å²) in [7, 11) is 0. The molecule has 0 aliphatic carbocycles. The van der Waals surface area contributed by atoms with Gasteiger partial charge in [-0.2, -0.15) is 0 Å². The lowest BCUT2D eigenvalue weighted by atomic mass is 9.92. The van der Waals surface area contributed by atoms with E-state index in [-0.39, 0.29) is 11.3 Å². The van der Waals surface area contributed by atoms with Gasteiger partial charge in [-0.1, -0.05) is 32.9 Å². The number of hydrogen-bond acceptors (Lipinski definition) is 2. The molecule has 100 valence electrons. The van der Waals surface area contributed by atoms with Crippen LogP contribution in [0.15, 0.2) is 24.3 Å². The van der Waals surface area contributed by atoms with Crippen LogP contribution in [0.2, 0.25) is 0 Å². The highest BCUT2D eigenvalue weighted by Crippen LogP contribution is 2.17. The average molecular weight is 248 g/mol. The normalized spacial score (nSPS) is 11.3. The van der Waals surface area contributed by atoms with Crippen molar-refractivity contribution in [2.75, 3.05) is 13.1 Å². The van der Waals surface area contributed by atoms with Gasteiger partial charge in [-0.3, -0.25) is 4.79 Å². The Morgan fingerprint density at radius 3 is 2.33 bits per heavy atom. The smallest absolute Gasteiger partial charge is 0.251 e. The molecule has 0 aliphatic rings. The predicted molar refractivity (Wildman–Crippen MR) is 75.6 cm³/mol. The minimum atomic E-state index is -0.00134. The van der Waals surface area contributed by atoms with Gasteiger partial charge in [0.05, 0.1) is 0 Å². The fraction of sp³-hybridized carbons (Fsp3) is 0.533. The molecule has 18 heavy (non-hydrogen) atoms. The van der Waals surface area contributed by atoms with E-state index >= 15 is 0 Å². The molecule has 0 saturated heterocycles. The molecule has 0 bridgehead atoms. The standard InChI is InChI=1S/C15H24N2O/c1-15(2,3)9-11-17-14(18)13-6-4-12(5-7-13)8-10-16/h4-7H,8-11,16H2,1-3H3,(H,17,18). The van der Waals surface area contributed by atoms with Crippen molar-refractivity contribution in [2.45, 2.75) is 33.6 Å². The van der Waals surface area contributed by atoms with Gasteiger partial charge in [-0.05, 0) is 42.5 Å². The molecule has 0 fully saturated rings. The molecular weight excluding hydrogens is 224 g/mol. The Morgan fingerprint density at radius 2 is 1.83 bits per heavy atom. The zero-order chi connectivity index (χ0) is 13.6. The highest BCUT2D eigenvalue weighted by Gasteiger charge is 2.11. The second-order valence-electron chi connectivity index (χ2n) is 5.80. The van der Waals surface area contributed by atoms with Gasteiger partial charge in [-0.15, -0.1) is 0 Å². The summed E-state index contributed by atoms with van der Waals surface area (Å²) >= 11 is 0. The lowest BCUT2D eigenvalue weighted by Crippen LogP contribution is -2.27. The first-order valence-corrected chi connectivity index (χ1v) is 6.49. The summed E-state index contributed by atoms with van der Waals surface area (Å²) in [5.74, 6) is -0.00134. The molecule has 0 heterocycles. The van der Waals surface area contributed by atoms with Crippen molar-refractivity contribution in [1.29, 1.82) is 0 Å². The highest BCUT2D eigenvalue weighted by molar-refractivity contribution is 5.94. The van der Waals surface area contributed by atoms with Crippen molar-refractivity contribution < 1.29 is 4.79 Å². The number of nitrogens with one attached hydrogen (secondary N) is 1. The molecule has 3 heteroatoms. The Bertz CT molecular complexity index is 376. The summed E-state index contributed by atoms with van der Waals surface area (Å²) in [6, 6.07) is 7.64. The van der Waals surface area contributed by atoms with Crippen LogP contribution in [0, 0.1) is 5.41 Å². The predicted octanol–water partition coefficient (Wildman–Crippen LogP) is 2.35. The third-order valence-corrected chi connectivity index (χ3v) is 2.81. The van der Waals surface area contributed by atoms with Gasteiger partial charge in [0.2, 0.25) is 0 Å². The second-order valence-corrected chi connectivity index (χ2v) is 5.80. The minimum absolute atomic E-state index is 0.00134. The monoisotopic (exact) mass is 248 g/mol. The summed E-state index contributed by atoms with van der Waals surface area (Å²) in [5.41, 5.74) is 7.62. The van der Waals surface area contributed by atoms with Gasteiger partial charge in [0.25, 0.3) is 5.91 Å². The summed E-state index contributed by atoms with van der Waals surface area (Å²) in [4.78, 5) is 11.9. The second kappa shape index (κ2) is 6.55. The summed E-state index contributed by atoms with van der Waals surface area (Å²) in [6.45, 7) is 7.85. The fourth-order valence-electron chi connectivity index (χ4n) is 1.64. The number of carbonyl (C=O) groups is 1. The van der Waals surface area contributed by atoms with Crippen LogP contribution < -0.4 is 11.1 Å². The van der Waals surface area contributed by atoms with E-state index in [0.29, 0.717) is 18.7 Å². The molecule has 1 aromatic carbocycles. The molecular formula is C15H24N2O. The maximum absolute atomic E-state index is 11.9. The first-order valence-electron chi connectivity index (χ1n) is 6.49. The molecule has 1 rings (SSSR count). The van der Waals surface area contributed by atoms with Crippen LogP contribution in [-0.4, -0.2) is 19.0 Å². The minimum Gasteiger partial charge on any atom is -0.352 e. The average Bonchev–Trinajstić information content (AvgIpc) is 2.28. The largest absolute Gasteiger partial charge is 0.352 e. The van der Waals surface area contributed by atoms with E-state index in [0.717, 1.165) is 12.8 Å². The van der Waals surface area contributed by atoms with E-state index in [9.17, 15) is 4.79 Å². The van der Waals surface area contributed by atoms with Crippen molar-refractivity contribution in [3.05, 3.63) is 35.4 Å². The van der Waals surface area contributed by atoms with Crippen LogP contribution in [-0.2, 0) is 6.42 Å². The van der Waals surface area contributed by atoms with Gasteiger partial charge in [0.15, 0.2) is 0 Å². The van der Waals surface area contributed by atoms with Gasteiger partial charge >= 0.3 is 0 Å². The van der Waals surface area contributed by atoms with Crippen molar-refractivity contribution >= 4 is 5.91 Å². The molecule has 3 nitrogen and oxygen atoms in total. The van der Waals surface area contributed by atoms with Crippen LogP contribution in [0.25, 0.3) is 0 Å². The molecule has 3 N–H and O–H groups in total. The van der Waals surface area contributed by atoms with Crippen LogP contribution >= 0.6 is 0 Å². The van der Waals surface area contributed by atoms with Gasteiger partial charge in [0.1, 0.15) is 0 Å². The van der Waals surface area contributed by atoms with E-state index < -0.39 is 0 Å². The first kappa shape index (κ1) is 14.7. The number of amides is 1. The number of nitrogens with two attached hydrogens (primary N) is 1. The zero-order valence-electron chi connectivity index (χ0n) is 11.6. The lowest BCUT2D eigenvalue weighted by molar-refractivity contribution is 0.0949. The Kier molecular flexibility index (Phi) is 5.35. The molecule has 0 unspecified atom stereocenters.